The zero-order valence-electron chi connectivity index (χ0n) is 10.1. The molecule has 3 nitrogen and oxygen atoms in total. The van der Waals surface area contributed by atoms with Crippen LogP contribution in [0.15, 0.2) is 47.6 Å². The Morgan fingerprint density at radius 2 is 2.22 bits per heavy atom. The molecule has 0 spiro atoms. The number of amides is 1. The molecule has 0 fully saturated rings. The Balaban J connectivity index is 2.06. The van der Waals surface area contributed by atoms with Crippen molar-refractivity contribution in [1.82, 2.24) is 10.3 Å². The first-order chi connectivity index (χ1) is 8.66. The third-order valence-electron chi connectivity index (χ3n) is 2.64. The van der Waals surface area contributed by atoms with Crippen LogP contribution >= 0.6 is 12.6 Å². The molecule has 1 N–H and O–H groups in total. The lowest BCUT2D eigenvalue weighted by atomic mass is 10.1. The smallest absolute Gasteiger partial charge is 0.251 e. The molecule has 0 saturated heterocycles. The minimum Gasteiger partial charge on any atom is -0.348 e. The van der Waals surface area contributed by atoms with Crippen LogP contribution in [-0.4, -0.2) is 10.9 Å². The highest BCUT2D eigenvalue weighted by Crippen LogP contribution is 2.14. The molecule has 1 aromatic heterocycles. The summed E-state index contributed by atoms with van der Waals surface area (Å²) in [5, 5.41) is 2.87. The lowest BCUT2D eigenvalue weighted by Crippen LogP contribution is -2.23. The van der Waals surface area contributed by atoms with Crippen LogP contribution in [0.5, 0.6) is 0 Å². The lowest BCUT2D eigenvalue weighted by molar-refractivity contribution is 0.0950. The maximum Gasteiger partial charge on any atom is 0.251 e. The number of thiol groups is 1. The van der Waals surface area contributed by atoms with E-state index in [0.717, 1.165) is 16.0 Å². The second-order valence-electron chi connectivity index (χ2n) is 4.04. The summed E-state index contributed by atoms with van der Waals surface area (Å²) in [5.74, 6) is -0.0905. The Hall–Kier alpha value is -1.81. The molecule has 0 aliphatic heterocycles. The second-order valence-corrected chi connectivity index (χ2v) is 4.56. The highest BCUT2D eigenvalue weighted by molar-refractivity contribution is 7.80. The normalized spacial score (nSPS) is 10.1. The molecule has 0 unspecified atom stereocenters. The molecule has 2 aromatic rings. The number of nitrogens with one attached hydrogen (secondary N) is 1. The molecule has 1 aromatic carbocycles. The summed E-state index contributed by atoms with van der Waals surface area (Å²) in [6.07, 6.45) is 3.45. The number of hydrogen-bond acceptors (Lipinski definition) is 3. The van der Waals surface area contributed by atoms with E-state index in [4.69, 9.17) is 0 Å². The largest absolute Gasteiger partial charge is 0.348 e. The Morgan fingerprint density at radius 1 is 1.39 bits per heavy atom. The quantitative estimate of drug-likeness (QED) is 0.831. The van der Waals surface area contributed by atoms with Gasteiger partial charge in [-0.05, 0) is 36.2 Å². The Labute approximate surface area is 112 Å². The minimum atomic E-state index is -0.0905. The highest BCUT2D eigenvalue weighted by atomic mass is 32.1. The SMILES string of the molecule is Cc1ccc(S)cc1C(=O)NCc1cccnc1. The van der Waals surface area contributed by atoms with Crippen LogP contribution in [0.25, 0.3) is 0 Å². The van der Waals surface area contributed by atoms with Crippen molar-refractivity contribution >= 4 is 18.5 Å². The van der Waals surface area contributed by atoms with Gasteiger partial charge in [-0.1, -0.05) is 12.1 Å². The topological polar surface area (TPSA) is 42.0 Å². The number of nitrogens with zero attached hydrogens (tertiary/aromatic N) is 1. The maximum absolute atomic E-state index is 12.0. The van der Waals surface area contributed by atoms with Crippen LogP contribution < -0.4 is 5.32 Å². The van der Waals surface area contributed by atoms with E-state index in [-0.39, 0.29) is 5.91 Å². The van der Waals surface area contributed by atoms with Gasteiger partial charge in [0.25, 0.3) is 5.91 Å². The van der Waals surface area contributed by atoms with Crippen LogP contribution in [0.1, 0.15) is 21.5 Å². The van der Waals surface area contributed by atoms with Crippen LogP contribution in [0.4, 0.5) is 0 Å². The summed E-state index contributed by atoms with van der Waals surface area (Å²) in [7, 11) is 0. The van der Waals surface area contributed by atoms with Crippen molar-refractivity contribution in [2.24, 2.45) is 0 Å². The highest BCUT2D eigenvalue weighted by Gasteiger charge is 2.08. The summed E-state index contributed by atoms with van der Waals surface area (Å²) < 4.78 is 0. The lowest BCUT2D eigenvalue weighted by Gasteiger charge is -2.08. The number of benzene rings is 1. The molecule has 1 amide bonds. The summed E-state index contributed by atoms with van der Waals surface area (Å²) >= 11 is 4.24. The average molecular weight is 258 g/mol. The number of hydrogen-bond donors (Lipinski definition) is 2. The van der Waals surface area contributed by atoms with Gasteiger partial charge >= 0.3 is 0 Å². The van der Waals surface area contributed by atoms with Crippen LogP contribution in [0, 0.1) is 6.92 Å². The maximum atomic E-state index is 12.0. The first-order valence-corrected chi connectivity index (χ1v) is 6.08. The van der Waals surface area contributed by atoms with Crippen molar-refractivity contribution in [3.05, 3.63) is 59.4 Å². The fourth-order valence-corrected chi connectivity index (χ4v) is 1.84. The van der Waals surface area contributed by atoms with Crippen molar-refractivity contribution < 1.29 is 4.79 Å². The van der Waals surface area contributed by atoms with Gasteiger partial charge in [0, 0.05) is 29.4 Å². The van der Waals surface area contributed by atoms with Crippen LogP contribution in [0.2, 0.25) is 0 Å². The van der Waals surface area contributed by atoms with E-state index in [1.807, 2.05) is 31.2 Å². The number of carbonyl (C=O) groups is 1. The van der Waals surface area contributed by atoms with Crippen molar-refractivity contribution in [3.63, 3.8) is 0 Å². The second kappa shape index (κ2) is 5.69. The Kier molecular flexibility index (Phi) is 3.99. The molecule has 0 bridgehead atoms. The van der Waals surface area contributed by atoms with Crippen molar-refractivity contribution in [1.29, 1.82) is 0 Å². The predicted molar refractivity (Wildman–Crippen MR) is 73.8 cm³/mol. The molecule has 0 radical (unpaired) electrons. The predicted octanol–water partition coefficient (Wildman–Crippen LogP) is 2.61. The van der Waals surface area contributed by atoms with Gasteiger partial charge in [0.1, 0.15) is 0 Å². The van der Waals surface area contributed by atoms with Gasteiger partial charge in [0.2, 0.25) is 0 Å². The molecule has 0 atom stereocenters. The summed E-state index contributed by atoms with van der Waals surface area (Å²) in [4.78, 5) is 16.8. The summed E-state index contributed by atoms with van der Waals surface area (Å²) in [6.45, 7) is 2.38. The van der Waals surface area contributed by atoms with Gasteiger partial charge in [-0.15, -0.1) is 12.6 Å². The number of carbonyl (C=O) groups excluding carboxylic acids is 1. The molecule has 0 aliphatic carbocycles. The number of aromatic nitrogens is 1. The van der Waals surface area contributed by atoms with E-state index in [1.54, 1.807) is 18.5 Å². The molecule has 1 heterocycles. The van der Waals surface area contributed by atoms with E-state index in [9.17, 15) is 4.79 Å². The van der Waals surface area contributed by atoms with E-state index >= 15 is 0 Å². The molecule has 0 saturated carbocycles. The van der Waals surface area contributed by atoms with E-state index < -0.39 is 0 Å². The number of aryl methyl sites for hydroxylation is 1. The molecule has 4 heteroatoms. The van der Waals surface area contributed by atoms with Crippen molar-refractivity contribution in [2.75, 3.05) is 0 Å². The van der Waals surface area contributed by atoms with Gasteiger partial charge in [-0.2, -0.15) is 0 Å². The molecule has 2 rings (SSSR count). The van der Waals surface area contributed by atoms with Gasteiger partial charge in [-0.25, -0.2) is 0 Å². The van der Waals surface area contributed by atoms with E-state index in [0.29, 0.717) is 12.1 Å². The van der Waals surface area contributed by atoms with Crippen molar-refractivity contribution in [2.45, 2.75) is 18.4 Å². The standard InChI is InChI=1S/C14H14N2OS/c1-10-4-5-12(18)7-13(10)14(17)16-9-11-3-2-6-15-8-11/h2-8,18H,9H2,1H3,(H,16,17). The first-order valence-electron chi connectivity index (χ1n) is 5.63. The van der Waals surface area contributed by atoms with Gasteiger partial charge in [-0.3, -0.25) is 9.78 Å². The molecular weight excluding hydrogens is 244 g/mol. The monoisotopic (exact) mass is 258 g/mol. The summed E-state index contributed by atoms with van der Waals surface area (Å²) in [6, 6.07) is 9.31. The zero-order valence-corrected chi connectivity index (χ0v) is 10.9. The average Bonchev–Trinajstić information content (AvgIpc) is 2.40. The number of rotatable bonds is 3. The third-order valence-corrected chi connectivity index (χ3v) is 2.92. The van der Waals surface area contributed by atoms with Crippen molar-refractivity contribution in [3.8, 4) is 0 Å². The first kappa shape index (κ1) is 12.6. The molecular formula is C14H14N2OS. The number of pyridine rings is 1. The Morgan fingerprint density at radius 3 is 2.94 bits per heavy atom. The van der Waals surface area contributed by atoms with Gasteiger partial charge < -0.3 is 5.32 Å². The summed E-state index contributed by atoms with van der Waals surface area (Å²) in [5.41, 5.74) is 2.58. The molecule has 0 aliphatic rings. The van der Waals surface area contributed by atoms with Crippen LogP contribution in [-0.2, 0) is 6.54 Å². The molecule has 18 heavy (non-hydrogen) atoms. The van der Waals surface area contributed by atoms with E-state index in [2.05, 4.69) is 22.9 Å². The van der Waals surface area contributed by atoms with Gasteiger partial charge in [0.05, 0.1) is 0 Å². The van der Waals surface area contributed by atoms with Gasteiger partial charge in [0.15, 0.2) is 0 Å². The third kappa shape index (κ3) is 3.11. The Bertz CT molecular complexity index is 555. The minimum absolute atomic E-state index is 0.0905. The zero-order chi connectivity index (χ0) is 13.0. The fourth-order valence-electron chi connectivity index (χ4n) is 1.63. The molecule has 92 valence electrons. The fraction of sp³-hybridized carbons (Fsp3) is 0.143. The van der Waals surface area contributed by atoms with Crippen LogP contribution in [0.3, 0.4) is 0 Å². The van der Waals surface area contributed by atoms with E-state index in [1.165, 1.54) is 0 Å².